The number of aromatic amines is 1. The molecule has 8 nitrogen and oxygen atoms in total. The number of nitrogens with one attached hydrogen (secondary N) is 1. The molecule has 0 spiro atoms. The lowest BCUT2D eigenvalue weighted by Gasteiger charge is -2.29. The van der Waals surface area contributed by atoms with Gasteiger partial charge in [0.05, 0.1) is 23.3 Å². The molecule has 1 N–H and O–H groups in total. The SMILES string of the molecule is C[N+]1=C=[N+](c2cccc(C3(c4ccn[nH]4)c4ncccc4-c4cccnc43)c2)c2nccnc21. The van der Waals surface area contributed by atoms with Crippen LogP contribution in [0.3, 0.4) is 0 Å². The largest absolute Gasteiger partial charge is 0.474 e. The second kappa shape index (κ2) is 6.84. The molecule has 1 aromatic carbocycles. The van der Waals surface area contributed by atoms with Crippen LogP contribution in [0.4, 0.5) is 17.3 Å². The molecule has 0 amide bonds. The monoisotopic (exact) mass is 442 g/mol. The highest BCUT2D eigenvalue weighted by Crippen LogP contribution is 2.54. The van der Waals surface area contributed by atoms with Crippen LogP contribution in [0.2, 0.25) is 0 Å². The number of rotatable bonds is 3. The van der Waals surface area contributed by atoms with Gasteiger partial charge < -0.3 is 0 Å². The summed E-state index contributed by atoms with van der Waals surface area (Å²) in [5, 5.41) is 7.52. The summed E-state index contributed by atoms with van der Waals surface area (Å²) >= 11 is 0. The van der Waals surface area contributed by atoms with Crippen LogP contribution < -0.4 is 4.58 Å². The maximum Gasteiger partial charge on any atom is 0.474 e. The first-order chi connectivity index (χ1) is 16.8. The molecule has 0 bridgehead atoms. The normalized spacial score (nSPS) is 14.7. The molecule has 0 radical (unpaired) electrons. The predicted molar refractivity (Wildman–Crippen MR) is 126 cm³/mol. The molecular formula is C26H18N8+2. The molecule has 8 heteroatoms. The van der Waals surface area contributed by atoms with Gasteiger partial charge in [-0.05, 0) is 35.9 Å². The second-order valence-corrected chi connectivity index (χ2v) is 8.27. The Hall–Kier alpha value is -4.81. The molecule has 4 aromatic heterocycles. The van der Waals surface area contributed by atoms with Crippen molar-refractivity contribution in [1.82, 2.24) is 34.7 Å². The van der Waals surface area contributed by atoms with Gasteiger partial charge in [-0.3, -0.25) is 15.1 Å². The molecule has 160 valence electrons. The van der Waals surface area contributed by atoms with Gasteiger partial charge in [-0.1, -0.05) is 28.8 Å². The molecule has 1 aliphatic heterocycles. The Bertz CT molecular complexity index is 1620. The summed E-state index contributed by atoms with van der Waals surface area (Å²) in [5.41, 5.74) is 6.11. The van der Waals surface area contributed by atoms with Crippen molar-refractivity contribution in [3.8, 4) is 11.1 Å². The van der Waals surface area contributed by atoms with E-state index < -0.39 is 5.41 Å². The van der Waals surface area contributed by atoms with Crippen molar-refractivity contribution in [3.63, 3.8) is 0 Å². The van der Waals surface area contributed by atoms with Gasteiger partial charge in [-0.25, -0.2) is 0 Å². The van der Waals surface area contributed by atoms with E-state index in [1.807, 2.05) is 58.9 Å². The van der Waals surface area contributed by atoms with E-state index in [1.54, 1.807) is 18.6 Å². The number of aromatic nitrogens is 6. The van der Waals surface area contributed by atoms with Gasteiger partial charge >= 0.3 is 17.6 Å². The van der Waals surface area contributed by atoms with Gasteiger partial charge in [-0.15, -0.1) is 4.58 Å². The summed E-state index contributed by atoms with van der Waals surface area (Å²) in [4.78, 5) is 18.8. The second-order valence-electron chi connectivity index (χ2n) is 8.27. The van der Waals surface area contributed by atoms with Crippen LogP contribution in [0.1, 0.15) is 22.6 Å². The Morgan fingerprint density at radius 3 is 2.21 bits per heavy atom. The smallest absolute Gasteiger partial charge is 0.281 e. The average molecular weight is 442 g/mol. The lowest BCUT2D eigenvalue weighted by molar-refractivity contribution is -0.398. The van der Waals surface area contributed by atoms with E-state index in [-0.39, 0.29) is 0 Å². The van der Waals surface area contributed by atoms with E-state index in [0.29, 0.717) is 0 Å². The molecule has 2 aliphatic rings. The predicted octanol–water partition coefficient (Wildman–Crippen LogP) is 3.65. The number of nitrogens with zero attached hydrogens (tertiary/aromatic N) is 7. The zero-order chi connectivity index (χ0) is 22.7. The summed E-state index contributed by atoms with van der Waals surface area (Å²) in [7, 11) is 1.92. The van der Waals surface area contributed by atoms with Crippen molar-refractivity contribution in [1.29, 1.82) is 0 Å². The molecule has 7 rings (SSSR count). The van der Waals surface area contributed by atoms with Crippen LogP contribution in [-0.4, -0.2) is 47.8 Å². The Kier molecular flexibility index (Phi) is 3.77. The number of fused-ring (bicyclic) bond motifs is 4. The highest BCUT2D eigenvalue weighted by Gasteiger charge is 2.50. The average Bonchev–Trinajstić information content (AvgIpc) is 3.61. The summed E-state index contributed by atoms with van der Waals surface area (Å²) in [6.45, 7) is 0. The first-order valence-electron chi connectivity index (χ1n) is 10.9. The van der Waals surface area contributed by atoms with Crippen molar-refractivity contribution in [2.45, 2.75) is 5.41 Å². The van der Waals surface area contributed by atoms with E-state index in [9.17, 15) is 0 Å². The van der Waals surface area contributed by atoms with Crippen molar-refractivity contribution in [3.05, 3.63) is 108 Å². The minimum Gasteiger partial charge on any atom is -0.281 e. The highest BCUT2D eigenvalue weighted by molar-refractivity contribution is 5.83. The maximum atomic E-state index is 4.89. The van der Waals surface area contributed by atoms with Crippen molar-refractivity contribution >= 4 is 23.3 Å². The fourth-order valence-electron chi connectivity index (χ4n) is 5.12. The van der Waals surface area contributed by atoms with Crippen molar-refractivity contribution in [2.75, 3.05) is 7.05 Å². The Morgan fingerprint density at radius 2 is 1.50 bits per heavy atom. The van der Waals surface area contributed by atoms with Gasteiger partial charge in [0.1, 0.15) is 12.5 Å². The molecule has 0 fully saturated rings. The van der Waals surface area contributed by atoms with Crippen LogP contribution in [0.5, 0.6) is 0 Å². The van der Waals surface area contributed by atoms with Crippen molar-refractivity contribution in [2.24, 2.45) is 0 Å². The Morgan fingerprint density at radius 1 is 0.765 bits per heavy atom. The van der Waals surface area contributed by atoms with Gasteiger partial charge in [0, 0.05) is 34.7 Å². The van der Waals surface area contributed by atoms with Crippen LogP contribution in [0.25, 0.3) is 11.1 Å². The molecule has 34 heavy (non-hydrogen) atoms. The Balaban J connectivity index is 1.54. The minimum atomic E-state index is -0.740. The van der Waals surface area contributed by atoms with Crippen LogP contribution >= 0.6 is 0 Å². The van der Waals surface area contributed by atoms with Gasteiger partial charge in [-0.2, -0.15) is 10.1 Å². The number of H-pyrrole nitrogens is 1. The summed E-state index contributed by atoms with van der Waals surface area (Å²) in [6, 6.07) is 21.8. The molecular weight excluding hydrogens is 424 g/mol. The van der Waals surface area contributed by atoms with E-state index >= 15 is 0 Å². The third-order valence-corrected chi connectivity index (χ3v) is 6.50. The van der Waals surface area contributed by atoms with Crippen LogP contribution in [0, 0.1) is 0 Å². The third kappa shape index (κ3) is 2.34. The number of hydrogen-bond acceptors (Lipinski definition) is 5. The van der Waals surface area contributed by atoms with E-state index in [1.165, 1.54) is 0 Å². The summed E-state index contributed by atoms with van der Waals surface area (Å²) < 4.78 is 3.78. The van der Waals surface area contributed by atoms with Crippen molar-refractivity contribution < 1.29 is 4.58 Å². The topological polar surface area (TPSA) is 86.3 Å². The first-order valence-corrected chi connectivity index (χ1v) is 10.9. The molecule has 5 aromatic rings. The standard InChI is InChI=1S/C26H18N8/c1-33-16-34(25-24(33)29-13-14-30-25)18-6-2-5-17(15-18)26(21-9-12-31-32-21)22-19(7-3-10-27-22)20-8-4-11-28-23(20)26/h2-15H,1H3,(H,31,32)/q+2. The van der Waals surface area contributed by atoms with E-state index in [0.717, 1.165) is 51.1 Å². The van der Waals surface area contributed by atoms with Crippen LogP contribution in [-0.2, 0) is 5.41 Å². The number of pyridine rings is 2. The lowest BCUT2D eigenvalue weighted by atomic mass is 9.74. The quantitative estimate of drug-likeness (QED) is 0.423. The zero-order valence-electron chi connectivity index (χ0n) is 18.2. The zero-order valence-corrected chi connectivity index (χ0v) is 18.2. The van der Waals surface area contributed by atoms with Crippen LogP contribution in [0.15, 0.2) is 85.6 Å². The third-order valence-electron chi connectivity index (χ3n) is 6.50. The van der Waals surface area contributed by atoms with Gasteiger partial charge in [0.15, 0.2) is 11.9 Å². The first kappa shape index (κ1) is 18.7. The molecule has 0 saturated heterocycles. The Labute approximate surface area is 194 Å². The fraction of sp³-hybridized carbons (Fsp3) is 0.0769. The minimum absolute atomic E-state index is 0.737. The summed E-state index contributed by atoms with van der Waals surface area (Å²) in [5.74, 6) is 1.50. The number of benzene rings is 1. The fourth-order valence-corrected chi connectivity index (χ4v) is 5.12. The van der Waals surface area contributed by atoms with Gasteiger partial charge in [0.25, 0.3) is 0 Å². The maximum absolute atomic E-state index is 4.89. The summed E-state index contributed by atoms with van der Waals surface area (Å²) in [6.07, 6.45) is 8.83. The van der Waals surface area contributed by atoms with E-state index in [2.05, 4.69) is 50.4 Å². The lowest BCUT2D eigenvalue weighted by Crippen LogP contribution is -2.31. The molecule has 0 unspecified atom stereocenters. The molecule has 1 aliphatic carbocycles. The number of hydrogen-bond donors (Lipinski definition) is 1. The van der Waals surface area contributed by atoms with E-state index in [4.69, 9.17) is 9.97 Å². The molecule has 0 saturated carbocycles. The van der Waals surface area contributed by atoms with Gasteiger partial charge in [0.2, 0.25) is 0 Å². The molecule has 0 atom stereocenters. The molecule has 5 heterocycles. The highest BCUT2D eigenvalue weighted by atomic mass is 15.2.